The summed E-state index contributed by atoms with van der Waals surface area (Å²) in [5.74, 6) is 0. The standard InChI is InChI=1S/C10H19N3O/c11-5-8-12-6-2-7-13(10(12)14)9-3-1-4-9/h9H,1-8,11H2. The van der Waals surface area contributed by atoms with Gasteiger partial charge in [0.2, 0.25) is 0 Å². The first-order valence-electron chi connectivity index (χ1n) is 5.58. The Balaban J connectivity index is 1.93. The molecule has 1 saturated heterocycles. The molecule has 2 fully saturated rings. The van der Waals surface area contributed by atoms with Gasteiger partial charge in [0.15, 0.2) is 0 Å². The second-order valence-corrected chi connectivity index (χ2v) is 4.19. The molecule has 4 nitrogen and oxygen atoms in total. The monoisotopic (exact) mass is 197 g/mol. The summed E-state index contributed by atoms with van der Waals surface area (Å²) >= 11 is 0. The molecule has 2 amide bonds. The molecule has 80 valence electrons. The molecule has 0 spiro atoms. The van der Waals surface area contributed by atoms with Gasteiger partial charge in [-0.25, -0.2) is 4.79 Å². The number of carbonyl (C=O) groups excluding carboxylic acids is 1. The van der Waals surface area contributed by atoms with E-state index in [0.717, 1.165) is 19.5 Å². The SMILES string of the molecule is NCCN1CCCN(C2CCC2)C1=O. The second kappa shape index (κ2) is 4.17. The zero-order valence-electron chi connectivity index (χ0n) is 8.61. The molecule has 1 saturated carbocycles. The molecule has 0 atom stereocenters. The molecule has 2 rings (SSSR count). The lowest BCUT2D eigenvalue weighted by molar-refractivity contribution is 0.0839. The minimum Gasteiger partial charge on any atom is -0.329 e. The smallest absolute Gasteiger partial charge is 0.320 e. The third kappa shape index (κ3) is 1.71. The van der Waals surface area contributed by atoms with Crippen LogP contribution in [0.3, 0.4) is 0 Å². The summed E-state index contributed by atoms with van der Waals surface area (Å²) in [6.07, 6.45) is 4.78. The summed E-state index contributed by atoms with van der Waals surface area (Å²) in [6, 6.07) is 0.745. The summed E-state index contributed by atoms with van der Waals surface area (Å²) in [5, 5.41) is 0. The van der Waals surface area contributed by atoms with Crippen LogP contribution in [-0.4, -0.2) is 48.1 Å². The van der Waals surface area contributed by atoms with Crippen LogP contribution < -0.4 is 5.73 Å². The van der Waals surface area contributed by atoms with Gasteiger partial charge >= 0.3 is 6.03 Å². The largest absolute Gasteiger partial charge is 0.329 e. The molecule has 0 aromatic heterocycles. The Bertz CT molecular complexity index is 213. The Labute approximate surface area is 85.0 Å². The van der Waals surface area contributed by atoms with Crippen molar-refractivity contribution >= 4 is 6.03 Å². The average Bonchev–Trinajstić information content (AvgIpc) is 2.09. The zero-order valence-corrected chi connectivity index (χ0v) is 8.61. The summed E-state index contributed by atoms with van der Waals surface area (Å²) in [7, 11) is 0. The van der Waals surface area contributed by atoms with Crippen LogP contribution >= 0.6 is 0 Å². The van der Waals surface area contributed by atoms with Crippen molar-refractivity contribution in [3.63, 3.8) is 0 Å². The molecule has 0 bridgehead atoms. The minimum atomic E-state index is 0.214. The quantitative estimate of drug-likeness (QED) is 0.721. The maximum Gasteiger partial charge on any atom is 0.320 e. The molecule has 1 aliphatic carbocycles. The van der Waals surface area contributed by atoms with Crippen LogP contribution in [0.4, 0.5) is 4.79 Å². The lowest BCUT2D eigenvalue weighted by Gasteiger charge is -2.43. The summed E-state index contributed by atoms with van der Waals surface area (Å²) in [6.45, 7) is 3.12. The lowest BCUT2D eigenvalue weighted by Crippen LogP contribution is -2.55. The van der Waals surface area contributed by atoms with E-state index in [-0.39, 0.29) is 6.03 Å². The van der Waals surface area contributed by atoms with Gasteiger partial charge in [-0.1, -0.05) is 0 Å². The molecule has 0 aromatic carbocycles. The van der Waals surface area contributed by atoms with Gasteiger partial charge in [0, 0.05) is 32.2 Å². The molecule has 0 radical (unpaired) electrons. The van der Waals surface area contributed by atoms with Crippen LogP contribution in [0.5, 0.6) is 0 Å². The van der Waals surface area contributed by atoms with Crippen LogP contribution in [0.15, 0.2) is 0 Å². The Kier molecular flexibility index (Phi) is 2.91. The van der Waals surface area contributed by atoms with Gasteiger partial charge in [-0.15, -0.1) is 0 Å². The van der Waals surface area contributed by atoms with Crippen LogP contribution in [0.2, 0.25) is 0 Å². The maximum absolute atomic E-state index is 11.9. The average molecular weight is 197 g/mol. The Hall–Kier alpha value is -0.770. The molecule has 2 N–H and O–H groups in total. The predicted octanol–water partition coefficient (Wildman–Crippen LogP) is 0.625. The van der Waals surface area contributed by atoms with E-state index in [0.29, 0.717) is 19.1 Å². The molecular formula is C10H19N3O. The molecule has 0 aromatic rings. The van der Waals surface area contributed by atoms with Crippen LogP contribution in [-0.2, 0) is 0 Å². The van der Waals surface area contributed by atoms with Crippen molar-refractivity contribution in [1.29, 1.82) is 0 Å². The molecule has 14 heavy (non-hydrogen) atoms. The van der Waals surface area contributed by atoms with Crippen molar-refractivity contribution in [2.24, 2.45) is 5.73 Å². The first kappa shape index (κ1) is 9.77. The predicted molar refractivity (Wildman–Crippen MR) is 55.0 cm³/mol. The highest BCUT2D eigenvalue weighted by molar-refractivity contribution is 5.75. The van der Waals surface area contributed by atoms with Crippen molar-refractivity contribution in [3.8, 4) is 0 Å². The van der Waals surface area contributed by atoms with Crippen molar-refractivity contribution in [3.05, 3.63) is 0 Å². The number of rotatable bonds is 3. The number of nitrogens with two attached hydrogens (primary N) is 1. The van der Waals surface area contributed by atoms with Gasteiger partial charge in [0.1, 0.15) is 0 Å². The Morgan fingerprint density at radius 2 is 2.07 bits per heavy atom. The summed E-state index contributed by atoms with van der Waals surface area (Å²) in [5.41, 5.74) is 5.48. The number of urea groups is 1. The zero-order chi connectivity index (χ0) is 9.97. The normalized spacial score (nSPS) is 23.9. The van der Waals surface area contributed by atoms with Gasteiger partial charge < -0.3 is 15.5 Å². The molecule has 0 unspecified atom stereocenters. The van der Waals surface area contributed by atoms with E-state index in [1.807, 2.05) is 9.80 Å². The molecule has 1 heterocycles. The highest BCUT2D eigenvalue weighted by Gasteiger charge is 2.33. The van der Waals surface area contributed by atoms with Gasteiger partial charge in [0.25, 0.3) is 0 Å². The van der Waals surface area contributed by atoms with Crippen molar-refractivity contribution in [1.82, 2.24) is 9.80 Å². The number of carbonyl (C=O) groups is 1. The first-order valence-corrected chi connectivity index (χ1v) is 5.58. The highest BCUT2D eigenvalue weighted by atomic mass is 16.2. The third-order valence-electron chi connectivity index (χ3n) is 3.26. The number of hydrogen-bond acceptors (Lipinski definition) is 2. The van der Waals surface area contributed by atoms with Gasteiger partial charge in [-0.3, -0.25) is 0 Å². The Morgan fingerprint density at radius 1 is 1.29 bits per heavy atom. The van der Waals surface area contributed by atoms with Crippen LogP contribution in [0.25, 0.3) is 0 Å². The maximum atomic E-state index is 11.9. The van der Waals surface area contributed by atoms with Crippen LogP contribution in [0, 0.1) is 0 Å². The van der Waals surface area contributed by atoms with E-state index in [9.17, 15) is 4.79 Å². The molecule has 2 aliphatic rings. The molecular weight excluding hydrogens is 178 g/mol. The summed E-state index contributed by atoms with van der Waals surface area (Å²) in [4.78, 5) is 15.9. The van der Waals surface area contributed by atoms with Crippen molar-refractivity contribution in [2.45, 2.75) is 31.7 Å². The highest BCUT2D eigenvalue weighted by Crippen LogP contribution is 2.27. The lowest BCUT2D eigenvalue weighted by atomic mass is 9.91. The third-order valence-corrected chi connectivity index (χ3v) is 3.26. The number of nitrogens with zero attached hydrogens (tertiary/aromatic N) is 2. The van der Waals surface area contributed by atoms with Gasteiger partial charge in [-0.2, -0.15) is 0 Å². The fourth-order valence-electron chi connectivity index (χ4n) is 2.21. The van der Waals surface area contributed by atoms with Gasteiger partial charge in [0.05, 0.1) is 0 Å². The fourth-order valence-corrected chi connectivity index (χ4v) is 2.21. The molecule has 4 heteroatoms. The molecule has 1 aliphatic heterocycles. The number of hydrogen-bond donors (Lipinski definition) is 1. The topological polar surface area (TPSA) is 49.6 Å². The van der Waals surface area contributed by atoms with Crippen molar-refractivity contribution in [2.75, 3.05) is 26.2 Å². The summed E-state index contributed by atoms with van der Waals surface area (Å²) < 4.78 is 0. The van der Waals surface area contributed by atoms with Crippen LogP contribution in [0.1, 0.15) is 25.7 Å². The second-order valence-electron chi connectivity index (χ2n) is 4.19. The number of amides is 2. The van der Waals surface area contributed by atoms with E-state index in [2.05, 4.69) is 0 Å². The fraction of sp³-hybridized carbons (Fsp3) is 0.900. The Morgan fingerprint density at radius 3 is 2.64 bits per heavy atom. The van der Waals surface area contributed by atoms with E-state index in [4.69, 9.17) is 5.73 Å². The first-order chi connectivity index (χ1) is 6.83. The van der Waals surface area contributed by atoms with E-state index < -0.39 is 0 Å². The van der Waals surface area contributed by atoms with E-state index in [1.165, 1.54) is 19.3 Å². The minimum absolute atomic E-state index is 0.214. The van der Waals surface area contributed by atoms with E-state index in [1.54, 1.807) is 0 Å². The van der Waals surface area contributed by atoms with Gasteiger partial charge in [-0.05, 0) is 25.7 Å². The van der Waals surface area contributed by atoms with Crippen molar-refractivity contribution < 1.29 is 4.79 Å². The van der Waals surface area contributed by atoms with E-state index >= 15 is 0 Å².